The summed E-state index contributed by atoms with van der Waals surface area (Å²) in [6.45, 7) is 6.04. The molecule has 1 heterocycles. The summed E-state index contributed by atoms with van der Waals surface area (Å²) in [5.41, 5.74) is 1.96. The highest BCUT2D eigenvalue weighted by Gasteiger charge is 2.36. The molecule has 0 unspecified atom stereocenters. The van der Waals surface area contributed by atoms with Gasteiger partial charge in [-0.2, -0.15) is 0 Å². The molecule has 1 spiro atoms. The number of benzene rings is 1. The second-order valence-electron chi connectivity index (χ2n) is 7.86. The molecule has 25 heavy (non-hydrogen) atoms. The van der Waals surface area contributed by atoms with Crippen molar-refractivity contribution < 1.29 is 9.18 Å². The van der Waals surface area contributed by atoms with Crippen LogP contribution in [0.2, 0.25) is 0 Å². The normalized spacial score (nSPS) is 21.9. The van der Waals surface area contributed by atoms with Crippen LogP contribution in [0.3, 0.4) is 0 Å². The quantitative estimate of drug-likeness (QED) is 0.783. The SMILES string of the molecule is Cc1ccc(F)cc1NC(=O)[C@@H](C)NC1CCC2(CCNCC2)CC1. The number of piperidine rings is 1. The molecule has 1 saturated carbocycles. The molecule has 1 saturated heterocycles. The van der Waals surface area contributed by atoms with Crippen molar-refractivity contribution >= 4 is 11.6 Å². The number of rotatable bonds is 4. The zero-order valence-electron chi connectivity index (χ0n) is 15.3. The number of hydrogen-bond donors (Lipinski definition) is 3. The Bertz CT molecular complexity index is 603. The lowest BCUT2D eigenvalue weighted by Crippen LogP contribution is -2.48. The molecule has 1 aliphatic heterocycles. The number of carbonyl (C=O) groups is 1. The van der Waals surface area contributed by atoms with E-state index in [4.69, 9.17) is 0 Å². The van der Waals surface area contributed by atoms with Gasteiger partial charge in [0.05, 0.1) is 6.04 Å². The molecule has 2 fully saturated rings. The Hall–Kier alpha value is -1.46. The van der Waals surface area contributed by atoms with Crippen molar-refractivity contribution in [1.29, 1.82) is 0 Å². The standard InChI is InChI=1S/C20H30FN3O/c1-14-3-4-16(21)13-18(14)24-19(25)15(2)23-17-5-7-20(8-6-17)9-11-22-12-10-20/h3-4,13,15,17,22-23H,5-12H2,1-2H3,(H,24,25)/t15-/m1/s1. The van der Waals surface area contributed by atoms with E-state index in [2.05, 4.69) is 16.0 Å². The fraction of sp³-hybridized carbons (Fsp3) is 0.650. The van der Waals surface area contributed by atoms with Crippen LogP contribution in [0, 0.1) is 18.2 Å². The van der Waals surface area contributed by atoms with Crippen molar-refractivity contribution in [2.75, 3.05) is 18.4 Å². The van der Waals surface area contributed by atoms with Crippen molar-refractivity contribution in [3.8, 4) is 0 Å². The molecule has 1 aliphatic carbocycles. The van der Waals surface area contributed by atoms with E-state index in [0.29, 0.717) is 17.1 Å². The number of carbonyl (C=O) groups excluding carboxylic acids is 1. The summed E-state index contributed by atoms with van der Waals surface area (Å²) in [6.07, 6.45) is 7.35. The van der Waals surface area contributed by atoms with E-state index in [1.165, 1.54) is 37.8 Å². The van der Waals surface area contributed by atoms with Gasteiger partial charge in [0.15, 0.2) is 0 Å². The van der Waals surface area contributed by atoms with Gasteiger partial charge >= 0.3 is 0 Å². The van der Waals surface area contributed by atoms with E-state index >= 15 is 0 Å². The van der Waals surface area contributed by atoms with Gasteiger partial charge in [-0.15, -0.1) is 0 Å². The van der Waals surface area contributed by atoms with E-state index in [9.17, 15) is 9.18 Å². The van der Waals surface area contributed by atoms with Crippen LogP contribution in [0.5, 0.6) is 0 Å². The molecule has 5 heteroatoms. The van der Waals surface area contributed by atoms with E-state index in [1.807, 2.05) is 13.8 Å². The second kappa shape index (κ2) is 7.83. The van der Waals surface area contributed by atoms with Crippen molar-refractivity contribution in [3.63, 3.8) is 0 Å². The number of hydrogen-bond acceptors (Lipinski definition) is 3. The predicted octanol–water partition coefficient (Wildman–Crippen LogP) is 3.36. The fourth-order valence-electron chi connectivity index (χ4n) is 4.25. The average molecular weight is 347 g/mol. The zero-order chi connectivity index (χ0) is 17.9. The molecule has 4 nitrogen and oxygen atoms in total. The molecule has 0 radical (unpaired) electrons. The third kappa shape index (κ3) is 4.59. The highest BCUT2D eigenvalue weighted by atomic mass is 19.1. The summed E-state index contributed by atoms with van der Waals surface area (Å²) in [7, 11) is 0. The van der Waals surface area contributed by atoms with Gasteiger partial charge < -0.3 is 16.0 Å². The molecule has 1 aromatic rings. The number of nitrogens with one attached hydrogen (secondary N) is 3. The van der Waals surface area contributed by atoms with Gasteiger partial charge in [-0.05, 0) is 88.6 Å². The summed E-state index contributed by atoms with van der Waals surface area (Å²) in [6, 6.07) is 4.58. The smallest absolute Gasteiger partial charge is 0.241 e. The summed E-state index contributed by atoms with van der Waals surface area (Å²) in [4.78, 5) is 12.4. The number of halogens is 1. The summed E-state index contributed by atoms with van der Waals surface area (Å²) >= 11 is 0. The van der Waals surface area contributed by atoms with E-state index in [1.54, 1.807) is 6.07 Å². The molecule has 3 N–H and O–H groups in total. The zero-order valence-corrected chi connectivity index (χ0v) is 15.3. The van der Waals surface area contributed by atoms with Crippen molar-refractivity contribution in [2.45, 2.75) is 64.5 Å². The highest BCUT2D eigenvalue weighted by Crippen LogP contribution is 2.43. The highest BCUT2D eigenvalue weighted by molar-refractivity contribution is 5.95. The predicted molar refractivity (Wildman–Crippen MR) is 99.2 cm³/mol. The van der Waals surface area contributed by atoms with Gasteiger partial charge in [0, 0.05) is 11.7 Å². The molecule has 0 aromatic heterocycles. The molecule has 1 aromatic carbocycles. The fourth-order valence-corrected chi connectivity index (χ4v) is 4.25. The largest absolute Gasteiger partial charge is 0.324 e. The Morgan fingerprint density at radius 2 is 1.92 bits per heavy atom. The van der Waals surface area contributed by atoms with E-state index < -0.39 is 0 Å². The molecular weight excluding hydrogens is 317 g/mol. The molecule has 3 rings (SSSR count). The monoisotopic (exact) mass is 347 g/mol. The minimum atomic E-state index is -0.332. The van der Waals surface area contributed by atoms with Crippen LogP contribution in [0.1, 0.15) is 51.0 Å². The van der Waals surface area contributed by atoms with Crippen LogP contribution in [-0.2, 0) is 4.79 Å². The van der Waals surface area contributed by atoms with E-state index in [0.717, 1.165) is 31.5 Å². The van der Waals surface area contributed by atoms with Crippen LogP contribution < -0.4 is 16.0 Å². The first kappa shape index (κ1) is 18.3. The molecule has 1 amide bonds. The van der Waals surface area contributed by atoms with Gasteiger partial charge in [0.25, 0.3) is 0 Å². The maximum Gasteiger partial charge on any atom is 0.241 e. The molecule has 0 bridgehead atoms. The van der Waals surface area contributed by atoms with Gasteiger partial charge in [0.1, 0.15) is 5.82 Å². The topological polar surface area (TPSA) is 53.2 Å². The second-order valence-corrected chi connectivity index (χ2v) is 7.86. The van der Waals surface area contributed by atoms with Crippen LogP contribution in [0.15, 0.2) is 18.2 Å². The summed E-state index contributed by atoms with van der Waals surface area (Å²) < 4.78 is 13.4. The van der Waals surface area contributed by atoms with Gasteiger partial charge in [-0.1, -0.05) is 6.07 Å². The summed E-state index contributed by atoms with van der Waals surface area (Å²) in [5, 5.41) is 9.77. The maximum absolute atomic E-state index is 13.4. The lowest BCUT2D eigenvalue weighted by atomic mass is 9.67. The van der Waals surface area contributed by atoms with E-state index in [-0.39, 0.29) is 17.8 Å². The Labute approximate surface area is 150 Å². The van der Waals surface area contributed by atoms with Gasteiger partial charge in [0.2, 0.25) is 5.91 Å². The van der Waals surface area contributed by atoms with Crippen molar-refractivity contribution in [1.82, 2.24) is 10.6 Å². The van der Waals surface area contributed by atoms with Gasteiger partial charge in [-0.25, -0.2) is 4.39 Å². The third-order valence-electron chi connectivity index (χ3n) is 6.05. The molecular formula is C20H30FN3O. The Kier molecular flexibility index (Phi) is 5.74. The first-order valence-corrected chi connectivity index (χ1v) is 9.51. The minimum absolute atomic E-state index is 0.101. The van der Waals surface area contributed by atoms with Crippen molar-refractivity contribution in [3.05, 3.63) is 29.6 Å². The number of amides is 1. The average Bonchev–Trinajstić information content (AvgIpc) is 2.61. The lowest BCUT2D eigenvalue weighted by Gasteiger charge is -2.43. The Balaban J connectivity index is 1.49. The minimum Gasteiger partial charge on any atom is -0.324 e. The van der Waals surface area contributed by atoms with Gasteiger partial charge in [-0.3, -0.25) is 4.79 Å². The van der Waals surface area contributed by atoms with Crippen molar-refractivity contribution in [2.24, 2.45) is 5.41 Å². The molecule has 138 valence electrons. The Morgan fingerprint density at radius 1 is 1.24 bits per heavy atom. The van der Waals surface area contributed by atoms with Crippen LogP contribution in [-0.4, -0.2) is 31.1 Å². The molecule has 1 atom stereocenters. The first-order valence-electron chi connectivity index (χ1n) is 9.51. The number of anilines is 1. The Morgan fingerprint density at radius 3 is 2.60 bits per heavy atom. The van der Waals surface area contributed by atoms with Crippen LogP contribution in [0.4, 0.5) is 10.1 Å². The van der Waals surface area contributed by atoms with Crippen LogP contribution >= 0.6 is 0 Å². The summed E-state index contributed by atoms with van der Waals surface area (Å²) in [5.74, 6) is -0.433. The lowest BCUT2D eigenvalue weighted by molar-refractivity contribution is -0.118. The molecule has 2 aliphatic rings. The maximum atomic E-state index is 13.4. The number of aryl methyl sites for hydroxylation is 1. The first-order chi connectivity index (χ1) is 12.0. The van der Waals surface area contributed by atoms with Crippen LogP contribution in [0.25, 0.3) is 0 Å². The third-order valence-corrected chi connectivity index (χ3v) is 6.05.